The molecule has 0 bridgehead atoms. The van der Waals surface area contributed by atoms with Gasteiger partial charge in [-0.15, -0.1) is 11.3 Å². The summed E-state index contributed by atoms with van der Waals surface area (Å²) >= 11 is 7.29. The molecule has 2 aromatic rings. The molecule has 2 saturated heterocycles. The molecule has 2 aliphatic heterocycles. The fourth-order valence-electron chi connectivity index (χ4n) is 3.61. The molecular weight excluding hydrogens is 446 g/mol. The third-order valence-corrected chi connectivity index (χ3v) is 6.31. The van der Waals surface area contributed by atoms with Crippen molar-refractivity contribution in [2.75, 3.05) is 37.7 Å². The van der Waals surface area contributed by atoms with Crippen LogP contribution in [-0.2, 0) is 16.1 Å². The molecule has 0 spiro atoms. The topological polar surface area (TPSA) is 107 Å². The summed E-state index contributed by atoms with van der Waals surface area (Å²) < 4.78 is 0. The maximum atomic E-state index is 12.7. The predicted octanol–water partition coefficient (Wildman–Crippen LogP) is 2.38. The molecule has 10 nitrogen and oxygen atoms in total. The number of thiophene rings is 1. The van der Waals surface area contributed by atoms with Crippen molar-refractivity contribution in [2.45, 2.75) is 6.54 Å². The molecule has 162 valence electrons. The monoisotopic (exact) mass is 463 g/mol. The molecule has 0 atom stereocenters. The Hall–Kier alpha value is -3.02. The zero-order valence-corrected chi connectivity index (χ0v) is 17.8. The minimum absolute atomic E-state index is 0.000891. The number of carbonyl (C=O) groups excluding carboxylic acids is 3. The Morgan fingerprint density at radius 1 is 1.03 bits per heavy atom. The summed E-state index contributed by atoms with van der Waals surface area (Å²) in [7, 11) is 0. The predicted molar refractivity (Wildman–Crippen MR) is 114 cm³/mol. The summed E-state index contributed by atoms with van der Waals surface area (Å²) in [4.78, 5) is 54.6. The number of hydrogen-bond donors (Lipinski definition) is 0. The molecule has 1 aromatic heterocycles. The van der Waals surface area contributed by atoms with Gasteiger partial charge in [-0.25, -0.2) is 9.69 Å². The second-order valence-corrected chi connectivity index (χ2v) is 8.59. The van der Waals surface area contributed by atoms with Gasteiger partial charge < -0.3 is 4.90 Å². The minimum atomic E-state index is -0.836. The van der Waals surface area contributed by atoms with Crippen LogP contribution in [0.3, 0.4) is 0 Å². The van der Waals surface area contributed by atoms with Crippen LogP contribution < -0.4 is 4.90 Å². The number of rotatable bonds is 6. The normalized spacial score (nSPS) is 17.7. The van der Waals surface area contributed by atoms with Gasteiger partial charge >= 0.3 is 17.8 Å². The van der Waals surface area contributed by atoms with Crippen molar-refractivity contribution in [2.24, 2.45) is 0 Å². The number of piperazine rings is 1. The van der Waals surface area contributed by atoms with E-state index in [1.807, 2.05) is 21.2 Å². The van der Waals surface area contributed by atoms with E-state index in [4.69, 9.17) is 11.6 Å². The lowest BCUT2D eigenvalue weighted by atomic mass is 10.2. The molecule has 3 heterocycles. The smallest absolute Gasteiger partial charge is 0.335 e. The molecule has 4 amide bonds. The van der Waals surface area contributed by atoms with Crippen LogP contribution in [0.4, 0.5) is 16.2 Å². The fourth-order valence-corrected chi connectivity index (χ4v) is 4.47. The number of urea groups is 1. The maximum absolute atomic E-state index is 12.7. The quantitative estimate of drug-likeness (QED) is 0.280. The molecule has 12 heteroatoms. The second-order valence-electron chi connectivity index (χ2n) is 7.12. The zero-order chi connectivity index (χ0) is 22.1. The molecule has 1 aromatic carbocycles. The van der Waals surface area contributed by atoms with Gasteiger partial charge in [-0.05, 0) is 23.6 Å². The summed E-state index contributed by atoms with van der Waals surface area (Å²) in [6.45, 7) is 1.94. The van der Waals surface area contributed by atoms with E-state index in [1.165, 1.54) is 17.4 Å². The first-order valence-electron chi connectivity index (χ1n) is 9.46. The van der Waals surface area contributed by atoms with Gasteiger partial charge in [-0.3, -0.25) is 29.5 Å². The van der Waals surface area contributed by atoms with Crippen LogP contribution in [0.1, 0.15) is 4.88 Å². The summed E-state index contributed by atoms with van der Waals surface area (Å²) in [6, 6.07) is 7.52. The number of hydrogen-bond acceptors (Lipinski definition) is 8. The van der Waals surface area contributed by atoms with Crippen molar-refractivity contribution in [1.82, 2.24) is 14.7 Å². The van der Waals surface area contributed by atoms with E-state index in [0.29, 0.717) is 31.9 Å². The van der Waals surface area contributed by atoms with Gasteiger partial charge in [-0.2, -0.15) is 0 Å². The minimum Gasteiger partial charge on any atom is -0.363 e. The van der Waals surface area contributed by atoms with Gasteiger partial charge in [0.05, 0.1) is 18.1 Å². The molecule has 0 N–H and O–H groups in total. The van der Waals surface area contributed by atoms with Crippen molar-refractivity contribution in [3.05, 3.63) is 55.7 Å². The Morgan fingerprint density at radius 2 is 1.74 bits per heavy atom. The highest BCUT2D eigenvalue weighted by Crippen LogP contribution is 2.31. The Bertz CT molecular complexity index is 1040. The van der Waals surface area contributed by atoms with Crippen LogP contribution in [0.25, 0.3) is 0 Å². The Morgan fingerprint density at radius 3 is 2.39 bits per heavy atom. The first-order valence-corrected chi connectivity index (χ1v) is 10.7. The number of amides is 4. The van der Waals surface area contributed by atoms with Crippen LogP contribution in [0.5, 0.6) is 0 Å². The number of imide groups is 2. The highest BCUT2D eigenvalue weighted by molar-refractivity contribution is 7.09. The summed E-state index contributed by atoms with van der Waals surface area (Å²) in [5, 5.41) is 13.5. The zero-order valence-electron chi connectivity index (χ0n) is 16.3. The van der Waals surface area contributed by atoms with Gasteiger partial charge in [0, 0.05) is 42.1 Å². The van der Waals surface area contributed by atoms with E-state index >= 15 is 0 Å². The molecular formula is C19H18ClN5O5S. The molecule has 0 unspecified atom stereocenters. The third-order valence-electron chi connectivity index (χ3n) is 5.22. The van der Waals surface area contributed by atoms with Gasteiger partial charge in [0.1, 0.15) is 5.69 Å². The average molecular weight is 464 g/mol. The summed E-state index contributed by atoms with van der Waals surface area (Å²) in [5.41, 5.74) is 0.403. The molecule has 0 saturated carbocycles. The largest absolute Gasteiger partial charge is 0.363 e. The van der Waals surface area contributed by atoms with Crippen LogP contribution >= 0.6 is 22.9 Å². The Labute approximate surface area is 186 Å². The summed E-state index contributed by atoms with van der Waals surface area (Å²) in [6.07, 6.45) is 0. The van der Waals surface area contributed by atoms with Crippen molar-refractivity contribution >= 4 is 52.2 Å². The first-order chi connectivity index (χ1) is 14.8. The number of benzene rings is 1. The highest BCUT2D eigenvalue weighted by atomic mass is 35.5. The maximum Gasteiger partial charge on any atom is 0.335 e. The molecule has 0 aliphatic carbocycles. The molecule has 2 aliphatic rings. The van der Waals surface area contributed by atoms with Crippen LogP contribution in [0.15, 0.2) is 35.7 Å². The Balaban J connectivity index is 1.39. The number of halogens is 1. The number of nitro benzene ring substituents is 1. The SMILES string of the molecule is O=C1C(=O)N(CN2CCN(c3ccc(Cl)cc3[N+](=O)[O-])CC2)C(=O)N1Cc1cccs1. The van der Waals surface area contributed by atoms with E-state index in [1.54, 1.807) is 18.2 Å². The van der Waals surface area contributed by atoms with Gasteiger partial charge in [-0.1, -0.05) is 17.7 Å². The van der Waals surface area contributed by atoms with Crippen LogP contribution in [0.2, 0.25) is 5.02 Å². The summed E-state index contributed by atoms with van der Waals surface area (Å²) in [5.74, 6) is -1.66. The van der Waals surface area contributed by atoms with Crippen molar-refractivity contribution in [1.29, 1.82) is 0 Å². The molecule has 31 heavy (non-hydrogen) atoms. The second kappa shape index (κ2) is 8.61. The van der Waals surface area contributed by atoms with E-state index < -0.39 is 22.8 Å². The van der Waals surface area contributed by atoms with E-state index in [-0.39, 0.29) is 23.9 Å². The lowest BCUT2D eigenvalue weighted by Gasteiger charge is -2.36. The fraction of sp³-hybridized carbons (Fsp3) is 0.316. The van der Waals surface area contributed by atoms with Gasteiger partial charge in [0.2, 0.25) is 0 Å². The lowest BCUT2D eigenvalue weighted by Crippen LogP contribution is -2.51. The standard InChI is InChI=1S/C19H18ClN5O5S/c20-13-3-4-15(16(10-13)25(29)30)22-7-5-21(6-8-22)12-24-18(27)17(26)23(19(24)28)11-14-2-1-9-31-14/h1-4,9-10H,5-8,11-12H2. The van der Waals surface area contributed by atoms with E-state index in [0.717, 1.165) is 14.7 Å². The van der Waals surface area contributed by atoms with Crippen LogP contribution in [0, 0.1) is 10.1 Å². The molecule has 2 fully saturated rings. The molecule has 0 radical (unpaired) electrons. The third kappa shape index (κ3) is 4.24. The number of carbonyl (C=O) groups is 3. The number of nitrogens with zero attached hydrogens (tertiary/aromatic N) is 5. The van der Waals surface area contributed by atoms with E-state index in [9.17, 15) is 24.5 Å². The van der Waals surface area contributed by atoms with Gasteiger partial charge in [0.25, 0.3) is 5.69 Å². The number of nitro groups is 1. The average Bonchev–Trinajstić information content (AvgIpc) is 3.34. The van der Waals surface area contributed by atoms with E-state index in [2.05, 4.69) is 0 Å². The number of anilines is 1. The van der Waals surface area contributed by atoms with Gasteiger partial charge in [0.15, 0.2) is 0 Å². The first kappa shape index (κ1) is 21.2. The van der Waals surface area contributed by atoms with Crippen LogP contribution in [-0.4, -0.2) is 70.3 Å². The highest BCUT2D eigenvalue weighted by Gasteiger charge is 2.45. The van der Waals surface area contributed by atoms with Crippen molar-refractivity contribution < 1.29 is 19.3 Å². The molecule has 4 rings (SSSR count). The Kier molecular flexibility index (Phi) is 5.90. The van der Waals surface area contributed by atoms with Crippen molar-refractivity contribution in [3.8, 4) is 0 Å². The lowest BCUT2D eigenvalue weighted by molar-refractivity contribution is -0.384. The van der Waals surface area contributed by atoms with Crippen molar-refractivity contribution in [3.63, 3.8) is 0 Å².